The fraction of sp³-hybridized carbons (Fsp3) is 0.471. The highest BCUT2D eigenvalue weighted by atomic mass is 16.7. The normalized spacial score (nSPS) is 20.6. The van der Waals surface area contributed by atoms with Gasteiger partial charge < -0.3 is 29.9 Å². The number of hydrogen-bond acceptors (Lipinski definition) is 9. The minimum absolute atomic E-state index is 0.0105. The van der Waals surface area contributed by atoms with Gasteiger partial charge in [-0.05, 0) is 42.2 Å². The van der Waals surface area contributed by atoms with Crippen molar-refractivity contribution in [1.29, 1.82) is 0 Å². The second-order valence-corrected chi connectivity index (χ2v) is 11.7. The molecule has 3 heterocycles. The Balaban J connectivity index is 1.21. The molecule has 3 atom stereocenters. The van der Waals surface area contributed by atoms with E-state index in [4.69, 9.17) is 14.6 Å². The summed E-state index contributed by atoms with van der Waals surface area (Å²) >= 11 is 0. The molecule has 2 aromatic carbocycles. The molecule has 0 saturated carbocycles. The number of aromatic nitrogens is 2. The predicted octanol–water partition coefficient (Wildman–Crippen LogP) is 4.70. The number of aliphatic hydroxyl groups excluding tert-OH is 1. The number of carboxylic acids is 1. The van der Waals surface area contributed by atoms with Crippen LogP contribution in [-0.4, -0.2) is 75.8 Å². The van der Waals surface area contributed by atoms with Gasteiger partial charge in [0.15, 0.2) is 6.29 Å². The number of rotatable bonds is 14. The van der Waals surface area contributed by atoms with E-state index >= 15 is 0 Å². The van der Waals surface area contributed by atoms with Gasteiger partial charge >= 0.3 is 5.97 Å². The smallest absolute Gasteiger partial charge is 0.303 e. The van der Waals surface area contributed by atoms with Gasteiger partial charge in [-0.25, -0.2) is 9.97 Å². The number of benzene rings is 2. The topological polar surface area (TPSA) is 137 Å². The molecule has 1 aromatic heterocycles. The second kappa shape index (κ2) is 16.4. The van der Waals surface area contributed by atoms with Crippen molar-refractivity contribution in [1.82, 2.24) is 14.9 Å². The van der Waals surface area contributed by atoms with Crippen LogP contribution >= 0.6 is 0 Å². The molecule has 2 fully saturated rings. The standard InChI is InChI=1S/C34H43N5O6/c40-24-25-11-13-26(14-12-25)30-22-29(23-38-17-19-39(20-18-38)34-35-15-6-16-36-34)44-33(45-30)27-7-5-8-28(21-27)37-31(41)9-3-1-2-4-10-32(42)43/h5-8,11-16,21,29-30,33,40H,1-4,9-10,17-20,22-24H2,(H,37,41)(H,42,43)/t29-,30+,33+/m1/s1. The molecular weight excluding hydrogens is 574 g/mol. The highest BCUT2D eigenvalue weighted by Gasteiger charge is 2.34. The average molecular weight is 618 g/mol. The van der Waals surface area contributed by atoms with E-state index in [1.807, 2.05) is 54.6 Å². The molecule has 2 aliphatic heterocycles. The van der Waals surface area contributed by atoms with Crippen LogP contribution in [0.5, 0.6) is 0 Å². The van der Waals surface area contributed by atoms with Crippen LogP contribution in [0.1, 0.15) is 74.0 Å². The summed E-state index contributed by atoms with van der Waals surface area (Å²) in [6.45, 7) is 4.18. The number of anilines is 2. The van der Waals surface area contributed by atoms with Gasteiger partial charge in [0.05, 0.1) is 18.8 Å². The molecule has 0 spiro atoms. The van der Waals surface area contributed by atoms with E-state index in [-0.39, 0.29) is 31.1 Å². The number of carbonyl (C=O) groups excluding carboxylic acids is 1. The van der Waals surface area contributed by atoms with Gasteiger partial charge in [-0.2, -0.15) is 0 Å². The molecule has 1 amide bonds. The minimum atomic E-state index is -0.784. The summed E-state index contributed by atoms with van der Waals surface area (Å²) in [5, 5.41) is 21.3. The fourth-order valence-electron chi connectivity index (χ4n) is 5.81. The summed E-state index contributed by atoms with van der Waals surface area (Å²) in [4.78, 5) is 36.7. The van der Waals surface area contributed by atoms with Crippen LogP contribution in [0.2, 0.25) is 0 Å². The van der Waals surface area contributed by atoms with Crippen molar-refractivity contribution in [3.8, 4) is 0 Å². The van der Waals surface area contributed by atoms with Crippen molar-refractivity contribution >= 4 is 23.5 Å². The van der Waals surface area contributed by atoms with Crippen molar-refractivity contribution in [3.05, 3.63) is 83.7 Å². The molecule has 0 radical (unpaired) electrons. The Morgan fingerprint density at radius 3 is 2.31 bits per heavy atom. The van der Waals surface area contributed by atoms with Gasteiger partial charge in [0.1, 0.15) is 0 Å². The molecule has 3 aromatic rings. The second-order valence-electron chi connectivity index (χ2n) is 11.7. The van der Waals surface area contributed by atoms with E-state index in [1.54, 1.807) is 12.4 Å². The van der Waals surface area contributed by atoms with E-state index in [1.165, 1.54) is 0 Å². The third-order valence-electron chi connectivity index (χ3n) is 8.27. The third-order valence-corrected chi connectivity index (χ3v) is 8.27. The SMILES string of the molecule is O=C(O)CCCCCCC(=O)Nc1cccc([C@H]2O[C@@H](CN3CCN(c4ncccn4)CC3)C[C@@H](c3ccc(CO)cc3)O2)c1. The lowest BCUT2D eigenvalue weighted by atomic mass is 9.99. The summed E-state index contributed by atoms with van der Waals surface area (Å²) in [6.07, 6.45) is 6.86. The maximum absolute atomic E-state index is 12.6. The Labute approximate surface area is 264 Å². The predicted molar refractivity (Wildman–Crippen MR) is 170 cm³/mol. The van der Waals surface area contributed by atoms with Crippen LogP contribution in [0.25, 0.3) is 0 Å². The highest BCUT2D eigenvalue weighted by molar-refractivity contribution is 5.90. The molecule has 45 heavy (non-hydrogen) atoms. The van der Waals surface area contributed by atoms with Gasteiger partial charge in [0.2, 0.25) is 11.9 Å². The number of unbranched alkanes of at least 4 members (excludes halogenated alkanes) is 3. The zero-order chi connectivity index (χ0) is 31.4. The number of carboxylic acid groups (broad SMARTS) is 1. The van der Waals surface area contributed by atoms with Crippen molar-refractivity contribution in [2.45, 2.75) is 70.1 Å². The zero-order valence-electron chi connectivity index (χ0n) is 25.6. The number of nitrogens with one attached hydrogen (secondary N) is 1. The lowest BCUT2D eigenvalue weighted by Crippen LogP contribution is -2.50. The highest BCUT2D eigenvalue weighted by Crippen LogP contribution is 2.38. The first-order valence-corrected chi connectivity index (χ1v) is 15.8. The summed E-state index contributed by atoms with van der Waals surface area (Å²) in [7, 11) is 0. The molecule has 240 valence electrons. The molecular formula is C34H43N5O6. The molecule has 0 unspecified atom stereocenters. The van der Waals surface area contributed by atoms with Crippen LogP contribution in [-0.2, 0) is 25.7 Å². The average Bonchev–Trinajstić information content (AvgIpc) is 3.07. The zero-order valence-corrected chi connectivity index (χ0v) is 25.6. The first-order chi connectivity index (χ1) is 22.0. The largest absolute Gasteiger partial charge is 0.481 e. The quantitative estimate of drug-likeness (QED) is 0.218. The minimum Gasteiger partial charge on any atom is -0.481 e. The number of aliphatic hydroxyl groups is 1. The summed E-state index contributed by atoms with van der Waals surface area (Å²) in [5.74, 6) is -0.0997. The van der Waals surface area contributed by atoms with Crippen LogP contribution < -0.4 is 10.2 Å². The molecule has 11 nitrogen and oxygen atoms in total. The summed E-state index contributed by atoms with van der Waals surface area (Å²) in [5.41, 5.74) is 3.39. The Morgan fingerprint density at radius 2 is 1.60 bits per heavy atom. The molecule has 2 aliphatic rings. The summed E-state index contributed by atoms with van der Waals surface area (Å²) in [6, 6.07) is 17.3. The number of amides is 1. The molecule has 0 bridgehead atoms. The van der Waals surface area contributed by atoms with E-state index < -0.39 is 12.3 Å². The van der Waals surface area contributed by atoms with Crippen LogP contribution in [0.4, 0.5) is 11.6 Å². The van der Waals surface area contributed by atoms with Gasteiger partial charge in [-0.15, -0.1) is 0 Å². The monoisotopic (exact) mass is 617 g/mol. The maximum atomic E-state index is 12.6. The summed E-state index contributed by atoms with van der Waals surface area (Å²) < 4.78 is 13.1. The fourth-order valence-corrected chi connectivity index (χ4v) is 5.81. The van der Waals surface area contributed by atoms with E-state index in [0.29, 0.717) is 31.4 Å². The number of piperazine rings is 1. The van der Waals surface area contributed by atoms with E-state index in [2.05, 4.69) is 25.1 Å². The van der Waals surface area contributed by atoms with Gasteiger partial charge in [0, 0.05) is 75.6 Å². The number of aliphatic carboxylic acids is 1. The van der Waals surface area contributed by atoms with Crippen molar-refractivity contribution in [2.24, 2.45) is 0 Å². The number of ether oxygens (including phenoxy) is 2. The van der Waals surface area contributed by atoms with Crippen LogP contribution in [0, 0.1) is 0 Å². The Morgan fingerprint density at radius 1 is 0.867 bits per heavy atom. The molecule has 2 saturated heterocycles. The Hall–Kier alpha value is -3.90. The Kier molecular flexibility index (Phi) is 11.9. The number of hydrogen-bond donors (Lipinski definition) is 3. The van der Waals surface area contributed by atoms with Crippen molar-refractivity contribution in [2.75, 3.05) is 42.9 Å². The first-order valence-electron chi connectivity index (χ1n) is 15.8. The van der Waals surface area contributed by atoms with Crippen LogP contribution in [0.3, 0.4) is 0 Å². The lowest BCUT2D eigenvalue weighted by molar-refractivity contribution is -0.253. The molecule has 11 heteroatoms. The number of nitrogens with zero attached hydrogens (tertiary/aromatic N) is 4. The maximum Gasteiger partial charge on any atom is 0.303 e. The third kappa shape index (κ3) is 9.79. The van der Waals surface area contributed by atoms with Crippen molar-refractivity contribution < 1.29 is 29.3 Å². The van der Waals surface area contributed by atoms with Gasteiger partial charge in [0.25, 0.3) is 0 Å². The Bertz CT molecular complexity index is 1370. The lowest BCUT2D eigenvalue weighted by Gasteiger charge is -2.40. The van der Waals surface area contributed by atoms with Crippen LogP contribution in [0.15, 0.2) is 67.0 Å². The van der Waals surface area contributed by atoms with Gasteiger partial charge in [-0.1, -0.05) is 49.2 Å². The molecule has 3 N–H and O–H groups in total. The first kappa shape index (κ1) is 32.5. The van der Waals surface area contributed by atoms with E-state index in [9.17, 15) is 14.7 Å². The van der Waals surface area contributed by atoms with E-state index in [0.717, 1.165) is 68.2 Å². The molecule has 5 rings (SSSR count). The van der Waals surface area contributed by atoms with Crippen molar-refractivity contribution in [3.63, 3.8) is 0 Å². The number of carbonyl (C=O) groups is 2. The molecule has 0 aliphatic carbocycles. The van der Waals surface area contributed by atoms with Gasteiger partial charge in [-0.3, -0.25) is 14.5 Å².